The normalized spacial score (nSPS) is 34.3. The molecule has 2 heterocycles. The van der Waals surface area contributed by atoms with Crippen LogP contribution in [0.15, 0.2) is 0 Å². The van der Waals surface area contributed by atoms with Gasteiger partial charge in [-0.25, -0.2) is 0 Å². The fraction of sp³-hybridized carbons (Fsp3) is 1.00. The molecule has 80 valence electrons. The lowest BCUT2D eigenvalue weighted by Crippen LogP contribution is -2.76. The van der Waals surface area contributed by atoms with Gasteiger partial charge in [-0.05, 0) is 19.3 Å². The summed E-state index contributed by atoms with van der Waals surface area (Å²) in [5, 5.41) is 7.10. The van der Waals surface area contributed by atoms with E-state index >= 15 is 0 Å². The Hall–Kier alpha value is -0.120. The Morgan fingerprint density at radius 3 is 2.36 bits per heavy atom. The SMILES string of the molecule is C1CCC2(CC1)CCOC1(CNC1)N2. The molecule has 2 aliphatic heterocycles. The summed E-state index contributed by atoms with van der Waals surface area (Å²) in [7, 11) is 0. The molecule has 14 heavy (non-hydrogen) atoms. The van der Waals surface area contributed by atoms with Gasteiger partial charge in [0.1, 0.15) is 5.72 Å². The Morgan fingerprint density at radius 2 is 1.71 bits per heavy atom. The molecular weight excluding hydrogens is 176 g/mol. The van der Waals surface area contributed by atoms with Gasteiger partial charge in [-0.3, -0.25) is 5.32 Å². The van der Waals surface area contributed by atoms with E-state index in [4.69, 9.17) is 4.74 Å². The number of hydrogen-bond acceptors (Lipinski definition) is 3. The monoisotopic (exact) mass is 196 g/mol. The molecule has 0 amide bonds. The maximum atomic E-state index is 5.86. The molecule has 1 aliphatic carbocycles. The minimum absolute atomic E-state index is 0.00951. The smallest absolute Gasteiger partial charge is 0.144 e. The summed E-state index contributed by atoms with van der Waals surface area (Å²) in [5.74, 6) is 0. The molecule has 3 rings (SSSR count). The molecule has 0 unspecified atom stereocenters. The van der Waals surface area contributed by atoms with Crippen LogP contribution in [0, 0.1) is 0 Å². The second-order valence-corrected chi connectivity index (χ2v) is 5.16. The number of rotatable bonds is 0. The van der Waals surface area contributed by atoms with Crippen molar-refractivity contribution in [2.75, 3.05) is 19.7 Å². The Kier molecular flexibility index (Phi) is 2.08. The van der Waals surface area contributed by atoms with Crippen LogP contribution in [0.4, 0.5) is 0 Å². The van der Waals surface area contributed by atoms with Crippen LogP contribution in [0.1, 0.15) is 38.5 Å². The lowest BCUT2D eigenvalue weighted by molar-refractivity contribution is -0.164. The van der Waals surface area contributed by atoms with Crippen molar-refractivity contribution in [2.24, 2.45) is 0 Å². The molecule has 0 aromatic carbocycles. The third-order valence-electron chi connectivity index (χ3n) is 4.08. The van der Waals surface area contributed by atoms with E-state index in [-0.39, 0.29) is 5.72 Å². The fourth-order valence-corrected chi connectivity index (χ4v) is 3.17. The molecule has 1 saturated carbocycles. The third-order valence-corrected chi connectivity index (χ3v) is 4.08. The lowest BCUT2D eigenvalue weighted by atomic mass is 9.77. The van der Waals surface area contributed by atoms with E-state index in [0.717, 1.165) is 19.7 Å². The zero-order chi connectivity index (χ0) is 9.49. The highest BCUT2D eigenvalue weighted by Crippen LogP contribution is 2.37. The Labute approximate surface area is 85.6 Å². The quantitative estimate of drug-likeness (QED) is 0.606. The first-order valence-electron chi connectivity index (χ1n) is 5.97. The number of ether oxygens (including phenoxy) is 1. The fourth-order valence-electron chi connectivity index (χ4n) is 3.17. The van der Waals surface area contributed by atoms with Gasteiger partial charge in [-0.1, -0.05) is 19.3 Å². The van der Waals surface area contributed by atoms with Gasteiger partial charge in [0.05, 0.1) is 6.61 Å². The van der Waals surface area contributed by atoms with Gasteiger partial charge in [-0.15, -0.1) is 0 Å². The van der Waals surface area contributed by atoms with Gasteiger partial charge in [0.15, 0.2) is 0 Å². The summed E-state index contributed by atoms with van der Waals surface area (Å²) in [5.41, 5.74) is 0.439. The van der Waals surface area contributed by atoms with Crippen LogP contribution in [-0.2, 0) is 4.74 Å². The maximum Gasteiger partial charge on any atom is 0.144 e. The molecule has 0 atom stereocenters. The average Bonchev–Trinajstić information content (AvgIpc) is 2.17. The van der Waals surface area contributed by atoms with Crippen LogP contribution in [0.25, 0.3) is 0 Å². The second kappa shape index (κ2) is 3.19. The van der Waals surface area contributed by atoms with Gasteiger partial charge in [0, 0.05) is 18.6 Å². The Balaban J connectivity index is 1.73. The molecule has 0 radical (unpaired) electrons. The summed E-state index contributed by atoms with van der Waals surface area (Å²) in [6.45, 7) is 2.94. The summed E-state index contributed by atoms with van der Waals surface area (Å²) < 4.78 is 5.86. The molecule has 2 spiro atoms. The standard InChI is InChI=1S/C11H20N2O/c1-2-4-10(5-3-1)6-7-14-11(13-10)8-12-9-11/h12-13H,1-9H2. The van der Waals surface area contributed by atoms with Crippen LogP contribution in [0.3, 0.4) is 0 Å². The molecule has 0 bridgehead atoms. The maximum absolute atomic E-state index is 5.86. The molecule has 0 aromatic rings. The zero-order valence-corrected chi connectivity index (χ0v) is 8.77. The zero-order valence-electron chi connectivity index (χ0n) is 8.77. The van der Waals surface area contributed by atoms with Gasteiger partial charge in [0.25, 0.3) is 0 Å². The molecule has 2 saturated heterocycles. The highest BCUT2D eigenvalue weighted by Gasteiger charge is 2.48. The third kappa shape index (κ3) is 1.38. The summed E-state index contributed by atoms with van der Waals surface area (Å²) >= 11 is 0. The van der Waals surface area contributed by atoms with E-state index in [1.807, 2.05) is 0 Å². The first kappa shape index (κ1) is 9.13. The van der Waals surface area contributed by atoms with E-state index in [0.29, 0.717) is 5.54 Å². The molecule has 2 N–H and O–H groups in total. The minimum Gasteiger partial charge on any atom is -0.358 e. The van der Waals surface area contributed by atoms with Gasteiger partial charge in [-0.2, -0.15) is 0 Å². The van der Waals surface area contributed by atoms with Crippen molar-refractivity contribution < 1.29 is 4.74 Å². The van der Waals surface area contributed by atoms with Crippen molar-refractivity contribution in [3.05, 3.63) is 0 Å². The Morgan fingerprint density at radius 1 is 0.929 bits per heavy atom. The highest BCUT2D eigenvalue weighted by molar-refractivity contribution is 5.04. The highest BCUT2D eigenvalue weighted by atomic mass is 16.5. The van der Waals surface area contributed by atoms with E-state index in [1.54, 1.807) is 0 Å². The van der Waals surface area contributed by atoms with Crippen LogP contribution < -0.4 is 10.6 Å². The topological polar surface area (TPSA) is 33.3 Å². The van der Waals surface area contributed by atoms with Crippen LogP contribution >= 0.6 is 0 Å². The lowest BCUT2D eigenvalue weighted by Gasteiger charge is -2.54. The summed E-state index contributed by atoms with van der Waals surface area (Å²) in [6.07, 6.45) is 8.16. The number of nitrogens with one attached hydrogen (secondary N) is 2. The molecule has 3 nitrogen and oxygen atoms in total. The van der Waals surface area contributed by atoms with Crippen LogP contribution in [0.2, 0.25) is 0 Å². The van der Waals surface area contributed by atoms with Gasteiger partial charge >= 0.3 is 0 Å². The minimum atomic E-state index is 0.00951. The van der Waals surface area contributed by atoms with Gasteiger partial charge in [0.2, 0.25) is 0 Å². The predicted molar refractivity (Wildman–Crippen MR) is 55.1 cm³/mol. The molecule has 0 aromatic heterocycles. The van der Waals surface area contributed by atoms with Crippen molar-refractivity contribution in [3.63, 3.8) is 0 Å². The molecular formula is C11H20N2O. The van der Waals surface area contributed by atoms with Crippen molar-refractivity contribution in [1.82, 2.24) is 10.6 Å². The molecule has 3 aliphatic rings. The van der Waals surface area contributed by atoms with E-state index in [9.17, 15) is 0 Å². The van der Waals surface area contributed by atoms with E-state index < -0.39 is 0 Å². The van der Waals surface area contributed by atoms with E-state index in [2.05, 4.69) is 10.6 Å². The van der Waals surface area contributed by atoms with Crippen LogP contribution in [0.5, 0.6) is 0 Å². The van der Waals surface area contributed by atoms with Crippen molar-refractivity contribution in [2.45, 2.75) is 49.8 Å². The average molecular weight is 196 g/mol. The largest absolute Gasteiger partial charge is 0.358 e. The molecule has 3 fully saturated rings. The molecule has 3 heteroatoms. The Bertz CT molecular complexity index is 214. The summed E-state index contributed by atoms with van der Waals surface area (Å²) in [4.78, 5) is 0. The van der Waals surface area contributed by atoms with Crippen LogP contribution in [-0.4, -0.2) is 31.0 Å². The van der Waals surface area contributed by atoms with Crippen molar-refractivity contribution >= 4 is 0 Å². The summed E-state index contributed by atoms with van der Waals surface area (Å²) in [6, 6.07) is 0. The number of hydrogen-bond donors (Lipinski definition) is 2. The van der Waals surface area contributed by atoms with E-state index in [1.165, 1.54) is 38.5 Å². The first-order chi connectivity index (χ1) is 6.83. The van der Waals surface area contributed by atoms with Gasteiger partial charge < -0.3 is 10.1 Å². The second-order valence-electron chi connectivity index (χ2n) is 5.16. The van der Waals surface area contributed by atoms with Crippen molar-refractivity contribution in [1.29, 1.82) is 0 Å². The predicted octanol–water partition coefficient (Wildman–Crippen LogP) is 0.999. The van der Waals surface area contributed by atoms with Crippen molar-refractivity contribution in [3.8, 4) is 0 Å². The first-order valence-corrected chi connectivity index (χ1v) is 5.97.